The average molecular weight is 401 g/mol. The third kappa shape index (κ3) is 5.68. The minimum atomic E-state index is 1.24. The highest BCUT2D eigenvalue weighted by molar-refractivity contribution is 14.1. The molecule has 86 valence electrons. The highest BCUT2D eigenvalue weighted by atomic mass is 127. The molecular weight excluding hydrogens is 383 g/mol. The van der Waals surface area contributed by atoms with E-state index >= 15 is 0 Å². The molecule has 0 aliphatic rings. The van der Waals surface area contributed by atoms with E-state index in [1.807, 2.05) is 11.3 Å². The van der Waals surface area contributed by atoms with E-state index in [9.17, 15) is 0 Å². The number of rotatable bonds is 7. The second-order valence-corrected chi connectivity index (χ2v) is 8.13. The van der Waals surface area contributed by atoms with Gasteiger partial charge in [0.25, 0.3) is 0 Å². The van der Waals surface area contributed by atoms with Crippen molar-refractivity contribution in [3.63, 3.8) is 0 Å². The summed E-state index contributed by atoms with van der Waals surface area (Å²) in [7, 11) is 0. The van der Waals surface area contributed by atoms with E-state index in [-0.39, 0.29) is 0 Å². The van der Waals surface area contributed by atoms with Gasteiger partial charge in [-0.15, -0.1) is 11.3 Å². The summed E-state index contributed by atoms with van der Waals surface area (Å²) in [5, 5.41) is 0. The molecule has 0 N–H and O–H groups in total. The minimum Gasteiger partial charge on any atom is -0.122 e. The zero-order valence-electron chi connectivity index (χ0n) is 9.19. The van der Waals surface area contributed by atoms with Gasteiger partial charge in [-0.1, -0.05) is 39.0 Å². The summed E-state index contributed by atoms with van der Waals surface area (Å²) in [4.78, 5) is 0. The summed E-state index contributed by atoms with van der Waals surface area (Å²) >= 11 is 7.86. The SMILES string of the molecule is CCCCCCCCc1cc(I)sc1Br. The summed E-state index contributed by atoms with van der Waals surface area (Å²) < 4.78 is 2.72. The van der Waals surface area contributed by atoms with Gasteiger partial charge < -0.3 is 0 Å². The molecule has 0 unspecified atom stereocenters. The molecule has 1 rings (SSSR count). The first kappa shape index (κ1) is 14.0. The average Bonchev–Trinajstić information content (AvgIpc) is 2.51. The van der Waals surface area contributed by atoms with Crippen molar-refractivity contribution < 1.29 is 0 Å². The van der Waals surface area contributed by atoms with Gasteiger partial charge in [-0.2, -0.15) is 0 Å². The maximum atomic E-state index is 3.62. The molecule has 0 aliphatic carbocycles. The molecule has 0 atom stereocenters. The fraction of sp³-hybridized carbons (Fsp3) is 0.667. The Hall–Kier alpha value is 0.910. The number of aryl methyl sites for hydroxylation is 1. The van der Waals surface area contributed by atoms with Crippen molar-refractivity contribution >= 4 is 49.9 Å². The van der Waals surface area contributed by atoms with Crippen LogP contribution < -0.4 is 0 Å². The third-order valence-electron chi connectivity index (χ3n) is 2.53. The molecule has 3 heteroatoms. The molecule has 0 radical (unpaired) electrons. The zero-order chi connectivity index (χ0) is 11.1. The first-order chi connectivity index (χ1) is 7.24. The lowest BCUT2D eigenvalue weighted by Crippen LogP contribution is -1.84. The van der Waals surface area contributed by atoms with E-state index in [0.717, 1.165) is 0 Å². The van der Waals surface area contributed by atoms with Crippen molar-refractivity contribution in [2.24, 2.45) is 0 Å². The lowest BCUT2D eigenvalue weighted by atomic mass is 10.1. The maximum Gasteiger partial charge on any atom is 0.0741 e. The van der Waals surface area contributed by atoms with Crippen LogP contribution in [0.15, 0.2) is 9.85 Å². The van der Waals surface area contributed by atoms with Gasteiger partial charge in [0, 0.05) is 0 Å². The molecule has 0 saturated heterocycles. The molecule has 0 spiro atoms. The molecule has 0 amide bonds. The number of unbranched alkanes of at least 4 members (excludes halogenated alkanes) is 5. The Balaban J connectivity index is 2.12. The van der Waals surface area contributed by atoms with Crippen LogP contribution in [0.5, 0.6) is 0 Å². The highest BCUT2D eigenvalue weighted by Gasteiger charge is 2.04. The molecule has 0 bridgehead atoms. The largest absolute Gasteiger partial charge is 0.122 e. The van der Waals surface area contributed by atoms with Crippen LogP contribution in [0.2, 0.25) is 0 Å². The van der Waals surface area contributed by atoms with Gasteiger partial charge in [0.1, 0.15) is 0 Å². The smallest absolute Gasteiger partial charge is 0.0741 e. The van der Waals surface area contributed by atoms with E-state index in [1.54, 1.807) is 0 Å². The molecule has 1 heterocycles. The summed E-state index contributed by atoms with van der Waals surface area (Å²) in [5.74, 6) is 0. The van der Waals surface area contributed by atoms with Crippen LogP contribution in [0.3, 0.4) is 0 Å². The lowest BCUT2D eigenvalue weighted by Gasteiger charge is -2.00. The Morgan fingerprint density at radius 3 is 2.47 bits per heavy atom. The molecule has 0 saturated carbocycles. The van der Waals surface area contributed by atoms with Gasteiger partial charge in [0.05, 0.1) is 6.67 Å². The molecule has 0 aromatic carbocycles. The standard InChI is InChI=1S/C12H18BrIS/c1-2-3-4-5-6-7-8-10-9-11(14)15-12(10)13/h9H,2-8H2,1H3. The number of thiophene rings is 1. The molecule has 0 nitrogen and oxygen atoms in total. The number of hydrogen-bond acceptors (Lipinski definition) is 1. The predicted octanol–water partition coefficient (Wildman–Crippen LogP) is 6.02. The van der Waals surface area contributed by atoms with Gasteiger partial charge >= 0.3 is 0 Å². The molecule has 0 fully saturated rings. The molecule has 1 aromatic rings. The second-order valence-electron chi connectivity index (χ2n) is 3.87. The second kappa shape index (κ2) is 8.07. The fourth-order valence-corrected chi connectivity index (χ4v) is 5.09. The van der Waals surface area contributed by atoms with E-state index < -0.39 is 0 Å². The van der Waals surface area contributed by atoms with Crippen LogP contribution in [-0.2, 0) is 6.42 Å². The van der Waals surface area contributed by atoms with Gasteiger partial charge in [0.2, 0.25) is 0 Å². The highest BCUT2D eigenvalue weighted by Crippen LogP contribution is 2.30. The Labute approximate surface area is 119 Å². The van der Waals surface area contributed by atoms with Gasteiger partial charge in [-0.3, -0.25) is 0 Å². The summed E-state index contributed by atoms with van der Waals surface area (Å²) in [6.07, 6.45) is 9.54. The van der Waals surface area contributed by atoms with Crippen LogP contribution in [0.1, 0.15) is 51.0 Å². The zero-order valence-corrected chi connectivity index (χ0v) is 13.8. The summed E-state index contributed by atoms with van der Waals surface area (Å²) in [6, 6.07) is 2.31. The topological polar surface area (TPSA) is 0 Å². The predicted molar refractivity (Wildman–Crippen MR) is 81.8 cm³/mol. The summed E-state index contributed by atoms with van der Waals surface area (Å²) in [6.45, 7) is 2.27. The van der Waals surface area contributed by atoms with Crippen molar-refractivity contribution in [2.75, 3.05) is 0 Å². The normalized spacial score (nSPS) is 10.9. The van der Waals surface area contributed by atoms with E-state index in [4.69, 9.17) is 0 Å². The first-order valence-corrected chi connectivity index (χ1v) is 8.36. The quantitative estimate of drug-likeness (QED) is 0.387. The van der Waals surface area contributed by atoms with Crippen LogP contribution in [-0.4, -0.2) is 0 Å². The minimum absolute atomic E-state index is 1.24. The van der Waals surface area contributed by atoms with Crippen molar-refractivity contribution in [3.05, 3.63) is 18.3 Å². The Morgan fingerprint density at radius 2 is 1.87 bits per heavy atom. The molecular formula is C12H18BrIS. The van der Waals surface area contributed by atoms with Crippen molar-refractivity contribution in [2.45, 2.75) is 51.9 Å². The first-order valence-electron chi connectivity index (χ1n) is 5.67. The van der Waals surface area contributed by atoms with Crippen LogP contribution >= 0.6 is 49.9 Å². The van der Waals surface area contributed by atoms with Crippen LogP contribution in [0.25, 0.3) is 0 Å². The van der Waals surface area contributed by atoms with Crippen molar-refractivity contribution in [3.8, 4) is 0 Å². The molecule has 0 aliphatic heterocycles. The Morgan fingerprint density at radius 1 is 1.20 bits per heavy atom. The van der Waals surface area contributed by atoms with Gasteiger partial charge in [0.15, 0.2) is 0 Å². The van der Waals surface area contributed by atoms with Crippen LogP contribution in [0, 0.1) is 2.88 Å². The lowest BCUT2D eigenvalue weighted by molar-refractivity contribution is 0.607. The van der Waals surface area contributed by atoms with Gasteiger partial charge in [-0.05, 0) is 63.0 Å². The van der Waals surface area contributed by atoms with Crippen molar-refractivity contribution in [1.29, 1.82) is 0 Å². The van der Waals surface area contributed by atoms with E-state index in [1.165, 1.54) is 57.2 Å². The van der Waals surface area contributed by atoms with Crippen LogP contribution in [0.4, 0.5) is 0 Å². The monoisotopic (exact) mass is 400 g/mol. The number of halogens is 2. The Kier molecular flexibility index (Phi) is 7.52. The Bertz CT molecular complexity index is 283. The summed E-state index contributed by atoms with van der Waals surface area (Å²) in [5.41, 5.74) is 1.50. The van der Waals surface area contributed by atoms with Gasteiger partial charge in [-0.25, -0.2) is 0 Å². The fourth-order valence-electron chi connectivity index (χ4n) is 1.64. The third-order valence-corrected chi connectivity index (χ3v) is 5.25. The maximum absolute atomic E-state index is 3.62. The van der Waals surface area contributed by atoms with E-state index in [0.29, 0.717) is 0 Å². The van der Waals surface area contributed by atoms with E-state index in [2.05, 4.69) is 51.5 Å². The molecule has 1 aromatic heterocycles. The van der Waals surface area contributed by atoms with Crippen molar-refractivity contribution in [1.82, 2.24) is 0 Å². The number of hydrogen-bond donors (Lipinski definition) is 0. The molecule has 15 heavy (non-hydrogen) atoms.